The number of unbranched alkanes of at least 4 members (excludes halogenated alkanes) is 39. The molecule has 8 nitrogen and oxygen atoms in total. The fourth-order valence-corrected chi connectivity index (χ4v) is 11.9. The number of carbonyl (C=O) groups is 1. The van der Waals surface area contributed by atoms with E-state index in [1.807, 2.05) is 21.1 Å². The Hall–Kier alpha value is -2.84. The zero-order valence-corrected chi connectivity index (χ0v) is 60.7. The van der Waals surface area contributed by atoms with Crippen LogP contribution in [0.5, 0.6) is 0 Å². The van der Waals surface area contributed by atoms with Crippen molar-refractivity contribution in [1.29, 1.82) is 0 Å². The SMILES string of the molecule is CC/C=C\C/C=C\C/C=C\C/C=C\C/C=C\C/C=C\C/C=C\C/C=C\C/C=C\CCCCCCCCCCCCCCCC(=O)NC(COP(=O)([O-])OCC[N+](C)(C)C)C(O)CCCCCCCCCCCCCCCCCCCCCCCCCCCCC. The van der Waals surface area contributed by atoms with Crippen LogP contribution >= 0.6 is 7.82 Å². The van der Waals surface area contributed by atoms with Gasteiger partial charge < -0.3 is 28.8 Å². The Morgan fingerprint density at radius 2 is 0.678 bits per heavy atom. The number of aliphatic hydroxyl groups excluding tert-OH is 1. The van der Waals surface area contributed by atoms with Crippen LogP contribution < -0.4 is 10.2 Å². The first-order chi connectivity index (χ1) is 44.0. The fraction of sp³-hybridized carbons (Fsp3) is 0.765. The van der Waals surface area contributed by atoms with Crippen molar-refractivity contribution in [2.24, 2.45) is 0 Å². The molecule has 3 atom stereocenters. The maximum absolute atomic E-state index is 13.1. The summed E-state index contributed by atoms with van der Waals surface area (Å²) in [4.78, 5) is 25.7. The molecule has 0 fully saturated rings. The number of aliphatic hydroxyl groups is 1. The van der Waals surface area contributed by atoms with Crippen molar-refractivity contribution < 1.29 is 32.9 Å². The Morgan fingerprint density at radius 3 is 0.989 bits per heavy atom. The van der Waals surface area contributed by atoms with Gasteiger partial charge in [-0.1, -0.05) is 367 Å². The van der Waals surface area contributed by atoms with Gasteiger partial charge in [0.25, 0.3) is 7.82 Å². The maximum Gasteiger partial charge on any atom is 0.268 e. The van der Waals surface area contributed by atoms with Crippen LogP contribution in [-0.4, -0.2) is 68.5 Å². The number of phosphoric acid groups is 1. The largest absolute Gasteiger partial charge is 0.756 e. The van der Waals surface area contributed by atoms with E-state index in [4.69, 9.17) is 9.05 Å². The lowest BCUT2D eigenvalue weighted by atomic mass is 10.0. The van der Waals surface area contributed by atoms with E-state index in [2.05, 4.69) is 129 Å². The molecule has 0 rings (SSSR count). The van der Waals surface area contributed by atoms with Gasteiger partial charge in [-0.05, 0) is 83.5 Å². The van der Waals surface area contributed by atoms with Crippen molar-refractivity contribution in [1.82, 2.24) is 5.32 Å². The van der Waals surface area contributed by atoms with Gasteiger partial charge in [0.1, 0.15) is 13.2 Å². The number of quaternary nitrogens is 1. The molecular formula is C81H147N2O6P. The highest BCUT2D eigenvalue weighted by molar-refractivity contribution is 7.45. The molecule has 0 bridgehead atoms. The molecule has 0 aliphatic rings. The van der Waals surface area contributed by atoms with Crippen LogP contribution in [0.3, 0.4) is 0 Å². The smallest absolute Gasteiger partial charge is 0.268 e. The summed E-state index contributed by atoms with van der Waals surface area (Å²) in [5.41, 5.74) is 0. The van der Waals surface area contributed by atoms with E-state index in [1.165, 1.54) is 225 Å². The number of allylic oxidation sites excluding steroid dienone is 18. The first kappa shape index (κ1) is 87.2. The van der Waals surface area contributed by atoms with E-state index < -0.39 is 20.0 Å². The molecule has 0 heterocycles. The van der Waals surface area contributed by atoms with Crippen LogP contribution in [0.25, 0.3) is 0 Å². The van der Waals surface area contributed by atoms with Crippen LogP contribution in [-0.2, 0) is 18.4 Å². The van der Waals surface area contributed by atoms with Gasteiger partial charge in [0.15, 0.2) is 0 Å². The standard InChI is InChI=1S/C81H147N2O6P/c1-6-8-10-12-14-16-18-20-22-24-26-28-30-32-34-35-36-37-38-39-40-41-42-43-44-45-46-47-49-51-53-55-57-59-61-63-65-67-69-71-73-75-81(85)82-79(78-89-90(86,87)88-77-76-83(3,4)5)80(84)74-72-70-68-66-64-62-60-58-56-54-52-50-48-33-31-29-27-25-23-21-19-17-15-13-11-9-7-2/h8,10,14,16,20,22,26,28,32,34,36-37,39-40,42-43,45-46,79-80,84H,6-7,9,11-13,15,17-19,21,23-25,27,29-31,33,35,38,41,44,47-78H2,1-5H3,(H-,82,85,86,87)/b10-8-,16-14-,22-20-,28-26-,34-32-,37-36-,40-39-,43-42-,46-45-. The summed E-state index contributed by atoms with van der Waals surface area (Å²) in [6, 6.07) is -0.809. The van der Waals surface area contributed by atoms with Gasteiger partial charge in [0.05, 0.1) is 39.9 Å². The minimum Gasteiger partial charge on any atom is -0.756 e. The molecule has 0 aromatic carbocycles. The van der Waals surface area contributed by atoms with Gasteiger partial charge in [0, 0.05) is 6.42 Å². The number of likely N-dealkylation sites (N-methyl/N-ethyl adjacent to an activating group) is 1. The van der Waals surface area contributed by atoms with E-state index in [9.17, 15) is 19.4 Å². The van der Waals surface area contributed by atoms with Crippen LogP contribution in [0, 0.1) is 0 Å². The van der Waals surface area contributed by atoms with Gasteiger partial charge >= 0.3 is 0 Å². The summed E-state index contributed by atoms with van der Waals surface area (Å²) in [7, 11) is 1.31. The zero-order chi connectivity index (χ0) is 65.5. The molecule has 0 radical (unpaired) electrons. The lowest BCUT2D eigenvalue weighted by molar-refractivity contribution is -0.870. The Morgan fingerprint density at radius 1 is 0.400 bits per heavy atom. The first-order valence-corrected chi connectivity index (χ1v) is 39.7. The molecule has 9 heteroatoms. The summed E-state index contributed by atoms with van der Waals surface area (Å²) in [5, 5.41) is 14.1. The number of nitrogens with one attached hydrogen (secondary N) is 1. The number of phosphoric ester groups is 1. The quantitative estimate of drug-likeness (QED) is 0.0272. The van der Waals surface area contributed by atoms with Gasteiger partial charge in [-0.25, -0.2) is 0 Å². The van der Waals surface area contributed by atoms with Gasteiger partial charge in [-0.2, -0.15) is 0 Å². The maximum atomic E-state index is 13.1. The highest BCUT2D eigenvalue weighted by Gasteiger charge is 2.24. The predicted octanol–water partition coefficient (Wildman–Crippen LogP) is 24.4. The van der Waals surface area contributed by atoms with Crippen LogP contribution in [0.15, 0.2) is 109 Å². The van der Waals surface area contributed by atoms with Gasteiger partial charge in [0.2, 0.25) is 5.91 Å². The molecule has 0 aromatic heterocycles. The summed E-state index contributed by atoms with van der Waals surface area (Å²) >= 11 is 0. The molecule has 90 heavy (non-hydrogen) atoms. The molecule has 0 aliphatic heterocycles. The van der Waals surface area contributed by atoms with Crippen molar-refractivity contribution in [3.8, 4) is 0 Å². The highest BCUT2D eigenvalue weighted by Crippen LogP contribution is 2.38. The average molecular weight is 1280 g/mol. The lowest BCUT2D eigenvalue weighted by Crippen LogP contribution is -2.46. The summed E-state index contributed by atoms with van der Waals surface area (Å²) < 4.78 is 23.6. The molecule has 0 aromatic rings. The highest BCUT2D eigenvalue weighted by atomic mass is 31.2. The van der Waals surface area contributed by atoms with Crippen molar-refractivity contribution >= 4 is 13.7 Å². The number of carbonyl (C=O) groups excluding carboxylic acids is 1. The topological polar surface area (TPSA) is 108 Å². The fourth-order valence-electron chi connectivity index (χ4n) is 11.2. The van der Waals surface area contributed by atoms with Crippen LogP contribution in [0.4, 0.5) is 0 Å². The Balaban J connectivity index is 4.01. The molecule has 0 saturated heterocycles. The number of hydrogen-bond donors (Lipinski definition) is 2. The number of nitrogens with zero attached hydrogens (tertiary/aromatic N) is 1. The number of hydrogen-bond acceptors (Lipinski definition) is 6. The second-order valence-corrected chi connectivity index (χ2v) is 28.4. The van der Waals surface area contributed by atoms with Crippen molar-refractivity contribution in [2.45, 2.75) is 360 Å². The number of rotatable bonds is 70. The molecule has 2 N–H and O–H groups in total. The van der Waals surface area contributed by atoms with E-state index in [-0.39, 0.29) is 19.1 Å². The van der Waals surface area contributed by atoms with E-state index in [0.29, 0.717) is 23.9 Å². The van der Waals surface area contributed by atoms with E-state index in [1.54, 1.807) is 0 Å². The first-order valence-electron chi connectivity index (χ1n) is 38.2. The van der Waals surface area contributed by atoms with Crippen molar-refractivity contribution in [3.63, 3.8) is 0 Å². The predicted molar refractivity (Wildman–Crippen MR) is 394 cm³/mol. The third-order valence-corrected chi connectivity index (χ3v) is 18.0. The minimum atomic E-state index is -4.59. The van der Waals surface area contributed by atoms with Gasteiger partial charge in [-0.15, -0.1) is 0 Å². The Bertz CT molecular complexity index is 1840. The van der Waals surface area contributed by atoms with Crippen LogP contribution in [0.1, 0.15) is 348 Å². The Kier molecular flexibility index (Phi) is 68.3. The summed E-state index contributed by atoms with van der Waals surface area (Å²) in [6.07, 6.45) is 103. The molecule has 1 amide bonds. The van der Waals surface area contributed by atoms with Crippen molar-refractivity contribution in [3.05, 3.63) is 109 Å². The molecule has 0 aliphatic carbocycles. The van der Waals surface area contributed by atoms with Gasteiger partial charge in [-0.3, -0.25) is 9.36 Å². The van der Waals surface area contributed by atoms with Crippen LogP contribution in [0.2, 0.25) is 0 Å². The molecule has 3 unspecified atom stereocenters. The second-order valence-electron chi connectivity index (χ2n) is 27.0. The monoisotopic (exact) mass is 1280 g/mol. The average Bonchev–Trinajstić information content (AvgIpc) is 3.09. The molecule has 0 saturated carbocycles. The third-order valence-electron chi connectivity index (χ3n) is 17.0. The minimum absolute atomic E-state index is 0.00932. The summed E-state index contributed by atoms with van der Waals surface area (Å²) in [5.74, 6) is -0.165. The molecule has 522 valence electrons. The summed E-state index contributed by atoms with van der Waals surface area (Å²) in [6.45, 7) is 4.64. The second kappa shape index (κ2) is 70.5. The zero-order valence-electron chi connectivity index (χ0n) is 59.8. The van der Waals surface area contributed by atoms with E-state index >= 15 is 0 Å². The number of amides is 1. The van der Waals surface area contributed by atoms with Crippen molar-refractivity contribution in [2.75, 3.05) is 40.9 Å². The normalized spacial score (nSPS) is 14.2. The Labute approximate surface area is 559 Å². The molecule has 0 spiro atoms. The third kappa shape index (κ3) is 72.6. The van der Waals surface area contributed by atoms with E-state index in [0.717, 1.165) is 96.3 Å². The molecular weight excluding hydrogens is 1130 g/mol. The lowest BCUT2D eigenvalue weighted by Gasteiger charge is -2.30.